The molecular formula is C10H8N4O. The molecule has 0 unspecified atom stereocenters. The standard InChI is InChI=1S/C10H8N4O/c11-4-6-5-12-14-8-3-1-2-7(8)10(15)13-9(6)14/h5H,1-3H2,(H,13,15). The van der Waals surface area contributed by atoms with Crippen LogP contribution < -0.4 is 5.56 Å². The van der Waals surface area contributed by atoms with E-state index in [9.17, 15) is 4.79 Å². The van der Waals surface area contributed by atoms with Gasteiger partial charge >= 0.3 is 0 Å². The van der Waals surface area contributed by atoms with Crippen molar-refractivity contribution in [3.63, 3.8) is 0 Å². The van der Waals surface area contributed by atoms with Gasteiger partial charge in [0.05, 0.1) is 11.9 Å². The number of aromatic nitrogens is 3. The van der Waals surface area contributed by atoms with Crippen LogP contribution in [0.15, 0.2) is 11.0 Å². The Hall–Kier alpha value is -2.09. The minimum absolute atomic E-state index is 0.0769. The fourth-order valence-electron chi connectivity index (χ4n) is 2.14. The van der Waals surface area contributed by atoms with Crippen molar-refractivity contribution in [3.8, 4) is 6.07 Å². The smallest absolute Gasteiger partial charge is 0.254 e. The van der Waals surface area contributed by atoms with Crippen molar-refractivity contribution in [1.82, 2.24) is 14.6 Å². The van der Waals surface area contributed by atoms with Crippen molar-refractivity contribution in [3.05, 3.63) is 33.4 Å². The maximum absolute atomic E-state index is 11.7. The molecule has 2 aromatic heterocycles. The molecule has 1 N–H and O–H groups in total. The number of H-pyrrole nitrogens is 1. The van der Waals surface area contributed by atoms with Gasteiger partial charge in [0.2, 0.25) is 0 Å². The Labute approximate surface area is 85.0 Å². The number of nitrogens with zero attached hydrogens (tertiary/aromatic N) is 3. The summed E-state index contributed by atoms with van der Waals surface area (Å²) >= 11 is 0. The van der Waals surface area contributed by atoms with E-state index in [1.807, 2.05) is 6.07 Å². The number of hydrogen-bond acceptors (Lipinski definition) is 3. The zero-order valence-corrected chi connectivity index (χ0v) is 7.95. The van der Waals surface area contributed by atoms with Crippen LogP contribution in [0.3, 0.4) is 0 Å². The van der Waals surface area contributed by atoms with E-state index in [-0.39, 0.29) is 5.56 Å². The van der Waals surface area contributed by atoms with Crippen LogP contribution in [0.4, 0.5) is 0 Å². The second-order valence-corrected chi connectivity index (χ2v) is 3.66. The van der Waals surface area contributed by atoms with Gasteiger partial charge in [-0.25, -0.2) is 4.52 Å². The molecule has 5 nitrogen and oxygen atoms in total. The fraction of sp³-hybridized carbons (Fsp3) is 0.300. The molecule has 0 spiro atoms. The van der Waals surface area contributed by atoms with Gasteiger partial charge < -0.3 is 4.98 Å². The van der Waals surface area contributed by atoms with Crippen LogP contribution in [0.5, 0.6) is 0 Å². The molecule has 2 heterocycles. The lowest BCUT2D eigenvalue weighted by Gasteiger charge is -2.01. The zero-order chi connectivity index (χ0) is 10.4. The Morgan fingerprint density at radius 1 is 1.53 bits per heavy atom. The van der Waals surface area contributed by atoms with Gasteiger partial charge in [0.1, 0.15) is 11.6 Å². The van der Waals surface area contributed by atoms with Crippen molar-refractivity contribution in [2.24, 2.45) is 0 Å². The number of aryl methyl sites for hydroxylation is 1. The quantitative estimate of drug-likeness (QED) is 0.668. The van der Waals surface area contributed by atoms with Crippen LogP contribution >= 0.6 is 0 Å². The van der Waals surface area contributed by atoms with E-state index in [4.69, 9.17) is 5.26 Å². The molecule has 0 saturated carbocycles. The number of hydrogen-bond donors (Lipinski definition) is 1. The Morgan fingerprint density at radius 3 is 3.20 bits per heavy atom. The van der Waals surface area contributed by atoms with Gasteiger partial charge in [-0.1, -0.05) is 0 Å². The maximum atomic E-state index is 11.7. The minimum atomic E-state index is -0.0769. The van der Waals surface area contributed by atoms with Crippen LogP contribution in [-0.2, 0) is 12.8 Å². The lowest BCUT2D eigenvalue weighted by atomic mass is 10.2. The van der Waals surface area contributed by atoms with E-state index in [2.05, 4.69) is 10.1 Å². The molecule has 0 radical (unpaired) electrons. The molecular weight excluding hydrogens is 192 g/mol. The molecule has 0 saturated heterocycles. The van der Waals surface area contributed by atoms with Crippen molar-refractivity contribution >= 4 is 5.65 Å². The highest BCUT2D eigenvalue weighted by molar-refractivity contribution is 5.55. The molecule has 0 amide bonds. The lowest BCUT2D eigenvalue weighted by Crippen LogP contribution is -2.16. The predicted molar refractivity (Wildman–Crippen MR) is 52.6 cm³/mol. The number of rotatable bonds is 0. The van der Waals surface area contributed by atoms with Gasteiger partial charge in [-0.2, -0.15) is 10.4 Å². The largest absolute Gasteiger partial charge is 0.306 e. The predicted octanol–water partition coefficient (Wildman–Crippen LogP) is 0.383. The van der Waals surface area contributed by atoms with Crippen LogP contribution in [0, 0.1) is 11.3 Å². The summed E-state index contributed by atoms with van der Waals surface area (Å²) in [6, 6.07) is 2.01. The van der Waals surface area contributed by atoms with Crippen molar-refractivity contribution in [1.29, 1.82) is 5.26 Å². The number of nitriles is 1. The molecule has 0 bridgehead atoms. The van der Waals surface area contributed by atoms with E-state index in [1.165, 1.54) is 6.20 Å². The Bertz CT molecular complexity index is 644. The zero-order valence-electron chi connectivity index (χ0n) is 7.95. The molecule has 15 heavy (non-hydrogen) atoms. The summed E-state index contributed by atoms with van der Waals surface area (Å²) in [7, 11) is 0. The lowest BCUT2D eigenvalue weighted by molar-refractivity contribution is 0.835. The second kappa shape index (κ2) is 2.70. The fourth-order valence-corrected chi connectivity index (χ4v) is 2.14. The average Bonchev–Trinajstić information content (AvgIpc) is 2.81. The highest BCUT2D eigenvalue weighted by atomic mass is 16.1. The summed E-state index contributed by atoms with van der Waals surface area (Å²) in [6.45, 7) is 0. The normalized spacial score (nSPS) is 14.1. The first kappa shape index (κ1) is 8.24. The average molecular weight is 200 g/mol. The van der Waals surface area contributed by atoms with Crippen LogP contribution in [0.1, 0.15) is 23.2 Å². The highest BCUT2D eigenvalue weighted by Gasteiger charge is 2.20. The minimum Gasteiger partial charge on any atom is -0.306 e. The van der Waals surface area contributed by atoms with E-state index in [1.54, 1.807) is 4.52 Å². The van der Waals surface area contributed by atoms with E-state index in [0.717, 1.165) is 30.5 Å². The third kappa shape index (κ3) is 0.960. The van der Waals surface area contributed by atoms with E-state index >= 15 is 0 Å². The SMILES string of the molecule is N#Cc1cnn2c3c(c(=O)[nH]c12)CCC3. The molecule has 2 aromatic rings. The first-order valence-electron chi connectivity index (χ1n) is 4.83. The van der Waals surface area contributed by atoms with E-state index < -0.39 is 0 Å². The summed E-state index contributed by atoms with van der Waals surface area (Å²) in [5, 5.41) is 13.0. The molecule has 0 aromatic carbocycles. The van der Waals surface area contributed by atoms with Crippen molar-refractivity contribution < 1.29 is 0 Å². The third-order valence-corrected chi connectivity index (χ3v) is 2.84. The first-order valence-corrected chi connectivity index (χ1v) is 4.83. The van der Waals surface area contributed by atoms with Gasteiger partial charge in [0.25, 0.3) is 5.56 Å². The van der Waals surface area contributed by atoms with E-state index in [0.29, 0.717) is 11.2 Å². The highest BCUT2D eigenvalue weighted by Crippen LogP contribution is 2.19. The van der Waals surface area contributed by atoms with Gasteiger partial charge in [-0.05, 0) is 19.3 Å². The topological polar surface area (TPSA) is 74.0 Å². The molecule has 3 rings (SSSR count). The maximum Gasteiger partial charge on any atom is 0.254 e. The molecule has 1 aliphatic rings. The number of fused-ring (bicyclic) bond motifs is 3. The van der Waals surface area contributed by atoms with Crippen molar-refractivity contribution in [2.45, 2.75) is 19.3 Å². The van der Waals surface area contributed by atoms with Gasteiger partial charge in [0.15, 0.2) is 5.65 Å². The van der Waals surface area contributed by atoms with Gasteiger partial charge in [-0.3, -0.25) is 4.79 Å². The second-order valence-electron chi connectivity index (χ2n) is 3.66. The summed E-state index contributed by atoms with van der Waals surface area (Å²) in [6.07, 6.45) is 4.15. The van der Waals surface area contributed by atoms with Crippen molar-refractivity contribution in [2.75, 3.05) is 0 Å². The summed E-state index contributed by atoms with van der Waals surface area (Å²) in [5.41, 5.74) is 2.63. The van der Waals surface area contributed by atoms with Crippen LogP contribution in [0.25, 0.3) is 5.65 Å². The van der Waals surface area contributed by atoms with Crippen LogP contribution in [0.2, 0.25) is 0 Å². The Kier molecular flexibility index (Phi) is 1.48. The Morgan fingerprint density at radius 2 is 2.40 bits per heavy atom. The number of nitrogens with one attached hydrogen (secondary N) is 1. The molecule has 5 heteroatoms. The molecule has 0 atom stereocenters. The molecule has 0 aliphatic heterocycles. The monoisotopic (exact) mass is 200 g/mol. The van der Waals surface area contributed by atoms with Gasteiger partial charge in [0, 0.05) is 5.56 Å². The first-order chi connectivity index (χ1) is 7.31. The van der Waals surface area contributed by atoms with Crippen LogP contribution in [-0.4, -0.2) is 14.6 Å². The summed E-state index contributed by atoms with van der Waals surface area (Å²) in [5.74, 6) is 0. The van der Waals surface area contributed by atoms with Gasteiger partial charge in [-0.15, -0.1) is 0 Å². The Balaban J connectivity index is 2.51. The molecule has 0 fully saturated rings. The molecule has 74 valence electrons. The summed E-state index contributed by atoms with van der Waals surface area (Å²) in [4.78, 5) is 14.4. The molecule has 1 aliphatic carbocycles. The third-order valence-electron chi connectivity index (χ3n) is 2.84. The number of aromatic amines is 1. The summed E-state index contributed by atoms with van der Waals surface area (Å²) < 4.78 is 1.68.